The molecule has 3 rings (SSSR count). The van der Waals surface area contributed by atoms with E-state index >= 15 is 0 Å². The molecule has 2 heterocycles. The molecule has 2 aromatic rings. The quantitative estimate of drug-likeness (QED) is 0.540. The maximum absolute atomic E-state index is 12.6. The van der Waals surface area contributed by atoms with Crippen LogP contribution in [-0.2, 0) is 9.59 Å². The van der Waals surface area contributed by atoms with E-state index in [1.807, 2.05) is 19.1 Å². The molecule has 0 bridgehead atoms. The molecule has 6 nitrogen and oxygen atoms in total. The fourth-order valence-electron chi connectivity index (χ4n) is 2.33. The second-order valence-electron chi connectivity index (χ2n) is 5.66. The molecule has 2 amide bonds. The zero-order valence-corrected chi connectivity index (χ0v) is 17.5. The van der Waals surface area contributed by atoms with Gasteiger partial charge in [0.2, 0.25) is 11.0 Å². The first-order valence-electron chi connectivity index (χ1n) is 8.03. The maximum atomic E-state index is 12.6. The normalized spacial score (nSPS) is 15.6. The Morgan fingerprint density at radius 1 is 1.33 bits per heavy atom. The lowest BCUT2D eigenvalue weighted by molar-refractivity contribution is -0.122. The smallest absolute Gasteiger partial charge is 0.266 e. The highest BCUT2D eigenvalue weighted by Gasteiger charge is 2.31. The van der Waals surface area contributed by atoms with E-state index in [0.29, 0.717) is 32.3 Å². The van der Waals surface area contributed by atoms with Crippen molar-refractivity contribution in [3.05, 3.63) is 44.8 Å². The van der Waals surface area contributed by atoms with Gasteiger partial charge in [0.25, 0.3) is 5.91 Å². The zero-order valence-electron chi connectivity index (χ0n) is 14.3. The zero-order chi connectivity index (χ0) is 19.4. The molecule has 0 spiro atoms. The van der Waals surface area contributed by atoms with E-state index in [1.54, 1.807) is 18.2 Å². The Kier molecular flexibility index (Phi) is 6.59. The highest BCUT2D eigenvalue weighted by Crippen LogP contribution is 2.32. The molecule has 0 saturated carbocycles. The Labute approximate surface area is 175 Å². The van der Waals surface area contributed by atoms with Gasteiger partial charge in [-0.1, -0.05) is 59.1 Å². The summed E-state index contributed by atoms with van der Waals surface area (Å²) in [6.45, 7) is 2.21. The molecule has 1 aromatic carbocycles. The number of halogens is 1. The van der Waals surface area contributed by atoms with Crippen molar-refractivity contribution in [2.24, 2.45) is 0 Å². The standard InChI is InChI=1S/C17H15ClN4O2S3/c1-10-20-21-16(26-10)19-14(23)3-2-8-22-15(24)13(27-17(22)25)9-11-4-6-12(18)7-5-11/h4-7,9H,2-3,8H2,1H3,(H,19,21,23)/b13-9-. The summed E-state index contributed by atoms with van der Waals surface area (Å²) >= 11 is 13.8. The number of hydrogen-bond acceptors (Lipinski definition) is 7. The van der Waals surface area contributed by atoms with E-state index in [9.17, 15) is 9.59 Å². The number of benzene rings is 1. The van der Waals surface area contributed by atoms with Gasteiger partial charge in [-0.2, -0.15) is 0 Å². The molecular weight excluding hydrogens is 424 g/mol. The minimum absolute atomic E-state index is 0.139. The van der Waals surface area contributed by atoms with Crippen LogP contribution in [0.3, 0.4) is 0 Å². The van der Waals surface area contributed by atoms with Gasteiger partial charge in [-0.15, -0.1) is 10.2 Å². The number of amides is 2. The molecule has 140 valence electrons. The first-order valence-corrected chi connectivity index (χ1v) is 10.4. The van der Waals surface area contributed by atoms with Gasteiger partial charge in [-0.3, -0.25) is 14.5 Å². The Balaban J connectivity index is 1.53. The molecular formula is C17H15ClN4O2S3. The second-order valence-corrected chi connectivity index (χ2v) is 8.96. The van der Waals surface area contributed by atoms with Crippen molar-refractivity contribution in [3.63, 3.8) is 0 Å². The fourth-order valence-corrected chi connectivity index (χ4v) is 4.37. The van der Waals surface area contributed by atoms with Crippen LogP contribution in [-0.4, -0.2) is 37.8 Å². The lowest BCUT2D eigenvalue weighted by Crippen LogP contribution is -2.29. The van der Waals surface area contributed by atoms with Crippen LogP contribution >= 0.6 is 46.9 Å². The van der Waals surface area contributed by atoms with Crippen LogP contribution in [0.15, 0.2) is 29.2 Å². The number of thiocarbonyl (C=S) groups is 1. The average Bonchev–Trinajstić information content (AvgIpc) is 3.14. The van der Waals surface area contributed by atoms with Gasteiger partial charge >= 0.3 is 0 Å². The van der Waals surface area contributed by atoms with Gasteiger partial charge in [0, 0.05) is 18.0 Å². The summed E-state index contributed by atoms with van der Waals surface area (Å²) in [6.07, 6.45) is 2.57. The van der Waals surface area contributed by atoms with Crippen LogP contribution in [0, 0.1) is 6.92 Å². The monoisotopic (exact) mass is 438 g/mol. The number of anilines is 1. The molecule has 10 heteroatoms. The van der Waals surface area contributed by atoms with Gasteiger partial charge in [0.05, 0.1) is 4.91 Å². The first kappa shape index (κ1) is 19.9. The van der Waals surface area contributed by atoms with Crippen molar-refractivity contribution in [1.29, 1.82) is 0 Å². The molecule has 0 unspecified atom stereocenters. The van der Waals surface area contributed by atoms with Gasteiger partial charge in [-0.05, 0) is 37.1 Å². The second kappa shape index (κ2) is 8.92. The van der Waals surface area contributed by atoms with Crippen molar-refractivity contribution in [2.75, 3.05) is 11.9 Å². The van der Waals surface area contributed by atoms with Gasteiger partial charge in [-0.25, -0.2) is 0 Å². The Morgan fingerprint density at radius 2 is 2.07 bits per heavy atom. The van der Waals surface area contributed by atoms with Gasteiger partial charge in [0.15, 0.2) is 0 Å². The number of carbonyl (C=O) groups excluding carboxylic acids is 2. The van der Waals surface area contributed by atoms with Crippen molar-refractivity contribution >= 4 is 74.3 Å². The third-order valence-corrected chi connectivity index (χ3v) is 5.98. The first-order chi connectivity index (χ1) is 12.9. The lowest BCUT2D eigenvalue weighted by Gasteiger charge is -2.13. The summed E-state index contributed by atoms with van der Waals surface area (Å²) in [5.74, 6) is -0.298. The van der Waals surface area contributed by atoms with E-state index in [-0.39, 0.29) is 18.2 Å². The highest BCUT2D eigenvalue weighted by molar-refractivity contribution is 8.26. The van der Waals surface area contributed by atoms with Gasteiger partial charge in [0.1, 0.15) is 9.33 Å². The third-order valence-electron chi connectivity index (χ3n) is 3.60. The van der Waals surface area contributed by atoms with Crippen LogP contribution in [0.1, 0.15) is 23.4 Å². The summed E-state index contributed by atoms with van der Waals surface area (Å²) in [6, 6.07) is 7.22. The van der Waals surface area contributed by atoms with Crippen molar-refractivity contribution < 1.29 is 9.59 Å². The summed E-state index contributed by atoms with van der Waals surface area (Å²) in [7, 11) is 0. The number of aromatic nitrogens is 2. The van der Waals surface area contributed by atoms with Crippen LogP contribution in [0.5, 0.6) is 0 Å². The van der Waals surface area contributed by atoms with E-state index in [4.69, 9.17) is 23.8 Å². The largest absolute Gasteiger partial charge is 0.301 e. The Hall–Kier alpha value is -1.81. The highest BCUT2D eigenvalue weighted by atomic mass is 35.5. The van der Waals surface area contributed by atoms with E-state index in [1.165, 1.54) is 28.0 Å². The van der Waals surface area contributed by atoms with E-state index in [2.05, 4.69) is 15.5 Å². The fraction of sp³-hybridized carbons (Fsp3) is 0.235. The molecule has 0 radical (unpaired) electrons. The number of carbonyl (C=O) groups is 2. The number of hydrogen-bond donors (Lipinski definition) is 1. The van der Waals surface area contributed by atoms with Crippen molar-refractivity contribution in [1.82, 2.24) is 15.1 Å². The average molecular weight is 439 g/mol. The van der Waals surface area contributed by atoms with Crippen molar-refractivity contribution in [2.45, 2.75) is 19.8 Å². The number of nitrogens with zero attached hydrogens (tertiary/aromatic N) is 3. The summed E-state index contributed by atoms with van der Waals surface area (Å²) < 4.78 is 0.500. The number of aryl methyl sites for hydroxylation is 1. The van der Waals surface area contributed by atoms with Gasteiger partial charge < -0.3 is 5.32 Å². The molecule has 0 aliphatic carbocycles. The maximum Gasteiger partial charge on any atom is 0.266 e. The molecule has 27 heavy (non-hydrogen) atoms. The molecule has 1 N–H and O–H groups in total. The van der Waals surface area contributed by atoms with Crippen LogP contribution in [0.25, 0.3) is 6.08 Å². The number of nitrogens with one attached hydrogen (secondary N) is 1. The molecule has 1 fully saturated rings. The van der Waals surface area contributed by atoms with Crippen LogP contribution in [0.4, 0.5) is 5.13 Å². The summed E-state index contributed by atoms with van der Waals surface area (Å²) in [5.41, 5.74) is 0.881. The number of rotatable bonds is 6. The van der Waals surface area contributed by atoms with Crippen molar-refractivity contribution in [3.8, 4) is 0 Å². The van der Waals surface area contributed by atoms with E-state index < -0.39 is 0 Å². The summed E-state index contributed by atoms with van der Waals surface area (Å²) in [4.78, 5) is 26.6. The Morgan fingerprint density at radius 3 is 2.74 bits per heavy atom. The Bertz CT molecular complexity index is 911. The predicted molar refractivity (Wildman–Crippen MR) is 114 cm³/mol. The topological polar surface area (TPSA) is 75.2 Å². The van der Waals surface area contributed by atoms with Crippen LogP contribution in [0.2, 0.25) is 5.02 Å². The predicted octanol–water partition coefficient (Wildman–Crippen LogP) is 4.12. The molecule has 0 atom stereocenters. The molecule has 1 saturated heterocycles. The molecule has 1 aliphatic rings. The minimum atomic E-state index is -0.159. The third kappa shape index (κ3) is 5.35. The summed E-state index contributed by atoms with van der Waals surface area (Å²) in [5, 5.41) is 12.3. The van der Waals surface area contributed by atoms with Crippen LogP contribution < -0.4 is 5.32 Å². The lowest BCUT2D eigenvalue weighted by atomic mass is 10.2. The SMILES string of the molecule is Cc1nnc(NC(=O)CCCN2C(=O)/C(=C/c3ccc(Cl)cc3)SC2=S)s1. The minimum Gasteiger partial charge on any atom is -0.301 e. The van der Waals surface area contributed by atoms with E-state index in [0.717, 1.165) is 10.6 Å². The molecule has 1 aromatic heterocycles. The molecule has 1 aliphatic heterocycles. The number of thioether (sulfide) groups is 1.